The van der Waals surface area contributed by atoms with Crippen LogP contribution >= 0.6 is 0 Å². The normalized spacial score (nSPS) is 40.7. The molecule has 0 aromatic carbocycles. The van der Waals surface area contributed by atoms with Gasteiger partial charge in [0.15, 0.2) is 0 Å². The van der Waals surface area contributed by atoms with Gasteiger partial charge in [0.05, 0.1) is 0 Å². The molecule has 2 rings (SSSR count). The number of allylic oxidation sites excluding steroid dienone is 2. The topological polar surface area (TPSA) is 40.5 Å². The van der Waals surface area contributed by atoms with Gasteiger partial charge in [-0.25, -0.2) is 0 Å². The van der Waals surface area contributed by atoms with Crippen LogP contribution in [0.15, 0.2) is 11.1 Å². The first-order valence-electron chi connectivity index (χ1n) is 5.59. The van der Waals surface area contributed by atoms with Crippen LogP contribution < -0.4 is 0 Å². The van der Waals surface area contributed by atoms with Gasteiger partial charge in [0.1, 0.15) is 0 Å². The zero-order valence-corrected chi connectivity index (χ0v) is 9.03. The van der Waals surface area contributed by atoms with E-state index >= 15 is 0 Å². The van der Waals surface area contributed by atoms with E-state index in [1.165, 1.54) is 18.4 Å². The van der Waals surface area contributed by atoms with E-state index in [0.29, 0.717) is 23.7 Å². The molecule has 0 aromatic heterocycles. The summed E-state index contributed by atoms with van der Waals surface area (Å²) in [7, 11) is 0. The number of hydrogen-bond donors (Lipinski definition) is 2. The van der Waals surface area contributed by atoms with Crippen LogP contribution in [-0.2, 0) is 0 Å². The second kappa shape index (κ2) is 3.67. The van der Waals surface area contributed by atoms with Crippen molar-refractivity contribution in [3.63, 3.8) is 0 Å². The maximum atomic E-state index is 9.36. The molecule has 0 spiro atoms. The number of hydrogen-bond acceptors (Lipinski definition) is 2. The molecule has 2 nitrogen and oxygen atoms in total. The lowest BCUT2D eigenvalue weighted by Crippen LogP contribution is -2.27. The van der Waals surface area contributed by atoms with E-state index < -0.39 is 0 Å². The van der Waals surface area contributed by atoms with Crippen molar-refractivity contribution in [1.29, 1.82) is 0 Å². The molecule has 2 aliphatic rings. The van der Waals surface area contributed by atoms with Gasteiger partial charge in [0.25, 0.3) is 0 Å². The zero-order chi connectivity index (χ0) is 10.3. The molecule has 0 aromatic rings. The molecule has 14 heavy (non-hydrogen) atoms. The smallest absolute Gasteiger partial charge is 0.0468 e. The summed E-state index contributed by atoms with van der Waals surface area (Å²) in [5.41, 5.74) is 2.95. The van der Waals surface area contributed by atoms with Crippen molar-refractivity contribution in [2.75, 3.05) is 13.2 Å². The van der Waals surface area contributed by atoms with Crippen LogP contribution in [0.2, 0.25) is 0 Å². The molecule has 0 radical (unpaired) electrons. The second-order valence-electron chi connectivity index (χ2n) is 4.94. The molecule has 2 saturated carbocycles. The Morgan fingerprint density at radius 2 is 1.50 bits per heavy atom. The van der Waals surface area contributed by atoms with Crippen molar-refractivity contribution in [3.8, 4) is 0 Å². The van der Waals surface area contributed by atoms with Crippen LogP contribution in [0.3, 0.4) is 0 Å². The standard InChI is InChI=1S/C12H20O2/c1-7(2)12-8-3-4-9(12)11(6-14)10(8)5-13/h8-11,13-14H,3-6H2,1-2H3/t8-,9+,10-,11+. The fraction of sp³-hybridized carbons (Fsp3) is 0.833. The maximum absolute atomic E-state index is 9.36. The van der Waals surface area contributed by atoms with Gasteiger partial charge in [-0.3, -0.25) is 0 Å². The molecule has 0 aliphatic heterocycles. The van der Waals surface area contributed by atoms with Crippen molar-refractivity contribution >= 4 is 0 Å². The molecule has 80 valence electrons. The Balaban J connectivity index is 2.32. The molecular weight excluding hydrogens is 176 g/mol. The molecule has 0 amide bonds. The molecule has 2 heteroatoms. The minimum absolute atomic E-state index is 0.239. The van der Waals surface area contributed by atoms with Crippen LogP contribution in [0.1, 0.15) is 26.7 Å². The third-order valence-electron chi connectivity index (χ3n) is 4.17. The lowest BCUT2D eigenvalue weighted by Gasteiger charge is -2.27. The highest BCUT2D eigenvalue weighted by molar-refractivity contribution is 5.28. The molecular formula is C12H20O2. The van der Waals surface area contributed by atoms with Gasteiger partial charge in [0, 0.05) is 13.2 Å². The first-order chi connectivity index (χ1) is 6.70. The SMILES string of the molecule is CC(C)=C1[C@H]2CC[C@@H]1[C@@H](CO)[C@H]2CO. The fourth-order valence-electron chi connectivity index (χ4n) is 3.70. The van der Waals surface area contributed by atoms with Gasteiger partial charge in [0.2, 0.25) is 0 Å². The third-order valence-corrected chi connectivity index (χ3v) is 4.17. The second-order valence-corrected chi connectivity index (χ2v) is 4.94. The van der Waals surface area contributed by atoms with E-state index in [-0.39, 0.29) is 13.2 Å². The van der Waals surface area contributed by atoms with Crippen LogP contribution in [-0.4, -0.2) is 23.4 Å². The highest BCUT2D eigenvalue weighted by Gasteiger charge is 2.50. The predicted octanol–water partition coefficient (Wildman–Crippen LogP) is 1.58. The van der Waals surface area contributed by atoms with Gasteiger partial charge in [-0.1, -0.05) is 11.1 Å². The molecule has 0 saturated heterocycles. The summed E-state index contributed by atoms with van der Waals surface area (Å²) in [6.07, 6.45) is 2.43. The Morgan fingerprint density at radius 3 is 1.79 bits per heavy atom. The van der Waals surface area contributed by atoms with Crippen molar-refractivity contribution in [3.05, 3.63) is 11.1 Å². The van der Waals surface area contributed by atoms with Crippen molar-refractivity contribution in [1.82, 2.24) is 0 Å². The zero-order valence-electron chi connectivity index (χ0n) is 9.03. The van der Waals surface area contributed by atoms with Gasteiger partial charge in [-0.15, -0.1) is 0 Å². The number of fused-ring (bicyclic) bond motifs is 2. The van der Waals surface area contributed by atoms with E-state index in [1.807, 2.05) is 0 Å². The molecule has 4 atom stereocenters. The highest BCUT2D eigenvalue weighted by atomic mass is 16.3. The van der Waals surface area contributed by atoms with Crippen molar-refractivity contribution in [2.24, 2.45) is 23.7 Å². The van der Waals surface area contributed by atoms with Crippen LogP contribution in [0.25, 0.3) is 0 Å². The van der Waals surface area contributed by atoms with Gasteiger partial charge in [-0.05, 0) is 50.4 Å². The maximum Gasteiger partial charge on any atom is 0.0468 e. The Labute approximate surface area is 85.6 Å². The Hall–Kier alpha value is -0.340. The monoisotopic (exact) mass is 196 g/mol. The largest absolute Gasteiger partial charge is 0.396 e. The van der Waals surface area contributed by atoms with Gasteiger partial charge < -0.3 is 10.2 Å². The first-order valence-corrected chi connectivity index (χ1v) is 5.59. The van der Waals surface area contributed by atoms with Crippen LogP contribution in [0, 0.1) is 23.7 Å². The van der Waals surface area contributed by atoms with E-state index in [1.54, 1.807) is 5.57 Å². The summed E-state index contributed by atoms with van der Waals surface area (Å²) in [5, 5.41) is 18.7. The van der Waals surface area contributed by atoms with E-state index in [2.05, 4.69) is 13.8 Å². The van der Waals surface area contributed by atoms with Crippen molar-refractivity contribution < 1.29 is 10.2 Å². The summed E-state index contributed by atoms with van der Waals surface area (Å²) in [6, 6.07) is 0. The highest BCUT2D eigenvalue weighted by Crippen LogP contribution is 2.56. The Morgan fingerprint density at radius 1 is 1.07 bits per heavy atom. The van der Waals surface area contributed by atoms with Gasteiger partial charge >= 0.3 is 0 Å². The van der Waals surface area contributed by atoms with Crippen molar-refractivity contribution in [2.45, 2.75) is 26.7 Å². The molecule has 0 unspecified atom stereocenters. The lowest BCUT2D eigenvalue weighted by molar-refractivity contribution is 0.0791. The van der Waals surface area contributed by atoms with Crippen LogP contribution in [0.5, 0.6) is 0 Å². The molecule has 2 aliphatic carbocycles. The van der Waals surface area contributed by atoms with E-state index in [0.717, 1.165) is 0 Å². The third kappa shape index (κ3) is 1.24. The Bertz CT molecular complexity index is 233. The summed E-state index contributed by atoms with van der Waals surface area (Å²) in [5.74, 6) is 1.77. The van der Waals surface area contributed by atoms with Crippen LogP contribution in [0.4, 0.5) is 0 Å². The minimum Gasteiger partial charge on any atom is -0.396 e. The lowest BCUT2D eigenvalue weighted by atomic mass is 9.80. The average molecular weight is 196 g/mol. The van der Waals surface area contributed by atoms with E-state index in [4.69, 9.17) is 0 Å². The summed E-state index contributed by atoms with van der Waals surface area (Å²) in [6.45, 7) is 4.80. The summed E-state index contributed by atoms with van der Waals surface area (Å²) in [4.78, 5) is 0. The quantitative estimate of drug-likeness (QED) is 0.658. The molecule has 2 fully saturated rings. The van der Waals surface area contributed by atoms with E-state index in [9.17, 15) is 10.2 Å². The summed E-state index contributed by atoms with van der Waals surface area (Å²) < 4.78 is 0. The average Bonchev–Trinajstić information content (AvgIpc) is 2.70. The molecule has 0 heterocycles. The fourth-order valence-corrected chi connectivity index (χ4v) is 3.70. The first kappa shape index (κ1) is 10.2. The molecule has 2 bridgehead atoms. The molecule has 2 N–H and O–H groups in total. The number of aliphatic hydroxyl groups excluding tert-OH is 2. The summed E-state index contributed by atoms with van der Waals surface area (Å²) >= 11 is 0. The predicted molar refractivity (Wildman–Crippen MR) is 55.7 cm³/mol. The number of rotatable bonds is 2. The van der Waals surface area contributed by atoms with Gasteiger partial charge in [-0.2, -0.15) is 0 Å². The number of aliphatic hydroxyl groups is 2. The minimum atomic E-state index is 0.239. The Kier molecular flexibility index (Phi) is 2.67.